The minimum atomic E-state index is -3.95. The molecular weight excluding hydrogens is 418 g/mol. The van der Waals surface area contributed by atoms with Gasteiger partial charge in [-0.15, -0.1) is 0 Å². The molecule has 0 aliphatic carbocycles. The summed E-state index contributed by atoms with van der Waals surface area (Å²) in [5, 5.41) is 8.88. The first-order valence-electron chi connectivity index (χ1n) is 8.82. The molecule has 2 aromatic rings. The Kier molecular flexibility index (Phi) is 8.29. The molecule has 2 aromatic carbocycles. The molecule has 0 saturated carbocycles. The third-order valence-corrected chi connectivity index (χ3v) is 7.01. The lowest BCUT2D eigenvalue weighted by Gasteiger charge is -2.17. The summed E-state index contributed by atoms with van der Waals surface area (Å²) >= 11 is 0. The second kappa shape index (κ2) is 10.5. The van der Waals surface area contributed by atoms with E-state index in [1.807, 2.05) is 0 Å². The van der Waals surface area contributed by atoms with Crippen LogP contribution in [0.3, 0.4) is 0 Å². The number of nitrogens with one attached hydrogen (secondary N) is 3. The SMILES string of the molecule is O=C(NO)[C@H](CCCCNS(=O)(=O)c1ccccc1)NS(=O)(=O)c1ccccc1. The molecule has 0 aliphatic rings. The van der Waals surface area contributed by atoms with Gasteiger partial charge >= 0.3 is 0 Å². The predicted molar refractivity (Wildman–Crippen MR) is 106 cm³/mol. The van der Waals surface area contributed by atoms with Gasteiger partial charge in [0.2, 0.25) is 20.0 Å². The number of rotatable bonds is 11. The van der Waals surface area contributed by atoms with Crippen LogP contribution in [-0.4, -0.2) is 40.5 Å². The molecule has 0 radical (unpaired) electrons. The normalized spacial score (nSPS) is 13.0. The monoisotopic (exact) mass is 441 g/mol. The van der Waals surface area contributed by atoms with Gasteiger partial charge in [0.1, 0.15) is 6.04 Å². The van der Waals surface area contributed by atoms with Crippen molar-refractivity contribution >= 4 is 26.0 Å². The number of carbonyl (C=O) groups excluding carboxylic acids is 1. The van der Waals surface area contributed by atoms with Crippen LogP contribution in [0.2, 0.25) is 0 Å². The molecule has 158 valence electrons. The minimum Gasteiger partial charge on any atom is -0.289 e. The van der Waals surface area contributed by atoms with Gasteiger partial charge in [0.05, 0.1) is 9.79 Å². The number of benzene rings is 2. The standard InChI is InChI=1S/C18H23N3O6S2/c22-18(20-23)17(21-29(26,27)16-11-5-2-6-12-16)13-7-8-14-19-28(24,25)15-9-3-1-4-10-15/h1-6,9-12,17,19,21,23H,7-8,13-14H2,(H,20,22)/t17-/m0/s1. The molecule has 4 N–H and O–H groups in total. The molecule has 2 rings (SSSR count). The fourth-order valence-electron chi connectivity index (χ4n) is 2.54. The van der Waals surface area contributed by atoms with Crippen molar-refractivity contribution in [3.05, 3.63) is 60.7 Å². The first-order valence-corrected chi connectivity index (χ1v) is 11.8. The number of amides is 1. The number of sulfonamides is 2. The lowest BCUT2D eigenvalue weighted by molar-refractivity contribution is -0.131. The van der Waals surface area contributed by atoms with Gasteiger partial charge < -0.3 is 0 Å². The maximum atomic E-state index is 12.4. The summed E-state index contributed by atoms with van der Waals surface area (Å²) in [6.07, 6.45) is 0.784. The molecule has 0 unspecified atom stereocenters. The highest BCUT2D eigenvalue weighted by molar-refractivity contribution is 7.89. The van der Waals surface area contributed by atoms with Crippen LogP contribution in [0.4, 0.5) is 0 Å². The zero-order chi connectivity index (χ0) is 21.3. The Morgan fingerprint density at radius 2 is 1.34 bits per heavy atom. The van der Waals surface area contributed by atoms with Gasteiger partial charge in [-0.2, -0.15) is 4.72 Å². The summed E-state index contributed by atoms with van der Waals surface area (Å²) in [5.41, 5.74) is 1.45. The molecule has 0 heterocycles. The highest BCUT2D eigenvalue weighted by Crippen LogP contribution is 2.11. The van der Waals surface area contributed by atoms with E-state index in [0.29, 0.717) is 12.8 Å². The van der Waals surface area contributed by atoms with Crippen molar-refractivity contribution in [2.24, 2.45) is 0 Å². The summed E-state index contributed by atoms with van der Waals surface area (Å²) < 4.78 is 53.7. The first kappa shape index (κ1) is 23.0. The van der Waals surface area contributed by atoms with Crippen LogP contribution in [0.5, 0.6) is 0 Å². The Morgan fingerprint density at radius 3 is 1.86 bits per heavy atom. The lowest BCUT2D eigenvalue weighted by Crippen LogP contribution is -2.45. The third-order valence-electron chi connectivity index (χ3n) is 4.04. The fraction of sp³-hybridized carbons (Fsp3) is 0.278. The highest BCUT2D eigenvalue weighted by Gasteiger charge is 2.25. The van der Waals surface area contributed by atoms with Gasteiger partial charge in [-0.25, -0.2) is 27.0 Å². The summed E-state index contributed by atoms with van der Waals surface area (Å²) in [6, 6.07) is 14.2. The first-order chi connectivity index (χ1) is 13.8. The van der Waals surface area contributed by atoms with Crippen LogP contribution in [0.1, 0.15) is 19.3 Å². The van der Waals surface area contributed by atoms with Gasteiger partial charge in [0.25, 0.3) is 5.91 Å². The van der Waals surface area contributed by atoms with Crippen molar-refractivity contribution in [3.63, 3.8) is 0 Å². The number of hydrogen-bond acceptors (Lipinski definition) is 6. The Bertz CT molecular complexity index is 996. The molecule has 0 aromatic heterocycles. The van der Waals surface area contributed by atoms with Crippen molar-refractivity contribution in [1.29, 1.82) is 0 Å². The molecule has 29 heavy (non-hydrogen) atoms. The Labute approximate surface area is 170 Å². The van der Waals surface area contributed by atoms with Crippen LogP contribution in [-0.2, 0) is 24.8 Å². The number of hydroxylamine groups is 1. The van der Waals surface area contributed by atoms with Gasteiger partial charge in [0.15, 0.2) is 0 Å². The van der Waals surface area contributed by atoms with E-state index in [-0.39, 0.29) is 22.8 Å². The third kappa shape index (κ3) is 6.91. The molecule has 1 atom stereocenters. The van der Waals surface area contributed by atoms with Gasteiger partial charge in [0, 0.05) is 6.54 Å². The lowest BCUT2D eigenvalue weighted by atomic mass is 10.1. The van der Waals surface area contributed by atoms with E-state index in [0.717, 1.165) is 0 Å². The largest absolute Gasteiger partial charge is 0.289 e. The molecule has 0 fully saturated rings. The van der Waals surface area contributed by atoms with Crippen molar-refractivity contribution in [3.8, 4) is 0 Å². The van der Waals surface area contributed by atoms with Gasteiger partial charge in [-0.05, 0) is 37.1 Å². The van der Waals surface area contributed by atoms with Crippen LogP contribution in [0, 0.1) is 0 Å². The van der Waals surface area contributed by atoms with Crippen LogP contribution in [0.25, 0.3) is 0 Å². The summed E-state index contributed by atoms with van der Waals surface area (Å²) in [7, 11) is -7.58. The molecular formula is C18H23N3O6S2. The summed E-state index contributed by atoms with van der Waals surface area (Å²) in [4.78, 5) is 12.0. The zero-order valence-corrected chi connectivity index (χ0v) is 17.1. The van der Waals surface area contributed by atoms with Crippen molar-refractivity contribution in [2.45, 2.75) is 35.1 Å². The van der Waals surface area contributed by atoms with Crippen LogP contribution < -0.4 is 14.9 Å². The number of carbonyl (C=O) groups is 1. The highest BCUT2D eigenvalue weighted by atomic mass is 32.2. The van der Waals surface area contributed by atoms with E-state index in [4.69, 9.17) is 5.21 Å². The predicted octanol–water partition coefficient (Wildman–Crippen LogP) is 0.988. The molecule has 0 spiro atoms. The van der Waals surface area contributed by atoms with E-state index in [2.05, 4.69) is 9.44 Å². The topological polar surface area (TPSA) is 142 Å². The van der Waals surface area contributed by atoms with Crippen molar-refractivity contribution in [1.82, 2.24) is 14.9 Å². The van der Waals surface area contributed by atoms with E-state index in [1.54, 1.807) is 36.4 Å². The zero-order valence-electron chi connectivity index (χ0n) is 15.5. The van der Waals surface area contributed by atoms with Gasteiger partial charge in [-0.1, -0.05) is 42.8 Å². The maximum absolute atomic E-state index is 12.4. The maximum Gasteiger partial charge on any atom is 0.261 e. The smallest absolute Gasteiger partial charge is 0.261 e. The summed E-state index contributed by atoms with van der Waals surface area (Å²) in [6.45, 7) is 0.121. The van der Waals surface area contributed by atoms with Gasteiger partial charge in [-0.3, -0.25) is 10.0 Å². The quantitative estimate of drug-likeness (QED) is 0.233. The molecule has 1 amide bonds. The molecule has 11 heteroatoms. The number of unbranched alkanes of at least 4 members (excludes halogenated alkanes) is 1. The van der Waals surface area contributed by atoms with E-state index in [9.17, 15) is 21.6 Å². The minimum absolute atomic E-state index is 0.00800. The fourth-order valence-corrected chi connectivity index (χ4v) is 4.89. The van der Waals surface area contributed by atoms with E-state index in [1.165, 1.54) is 29.7 Å². The summed E-state index contributed by atoms with van der Waals surface area (Å²) in [5.74, 6) is -0.894. The van der Waals surface area contributed by atoms with Crippen molar-refractivity contribution < 1.29 is 26.8 Å². The second-order valence-corrected chi connectivity index (χ2v) is 9.65. The number of hydrogen-bond donors (Lipinski definition) is 4. The van der Waals surface area contributed by atoms with E-state index >= 15 is 0 Å². The Hall–Kier alpha value is -2.31. The second-order valence-electron chi connectivity index (χ2n) is 6.17. The molecule has 0 aliphatic heterocycles. The van der Waals surface area contributed by atoms with E-state index < -0.39 is 32.0 Å². The van der Waals surface area contributed by atoms with Crippen LogP contribution in [0.15, 0.2) is 70.5 Å². The van der Waals surface area contributed by atoms with Crippen molar-refractivity contribution in [2.75, 3.05) is 6.54 Å². The molecule has 0 bridgehead atoms. The molecule has 9 nitrogen and oxygen atoms in total. The average Bonchev–Trinajstić information content (AvgIpc) is 2.73. The van der Waals surface area contributed by atoms with Crippen LogP contribution >= 0.6 is 0 Å². The Balaban J connectivity index is 1.89. The Morgan fingerprint density at radius 1 is 0.828 bits per heavy atom. The average molecular weight is 442 g/mol. The molecule has 0 saturated heterocycles.